The molecule has 2 heteroatoms. The van der Waals surface area contributed by atoms with Gasteiger partial charge in [-0.25, -0.2) is 5.53 Å². The summed E-state index contributed by atoms with van der Waals surface area (Å²) in [5.41, 5.74) is 7.45. The molecule has 0 amide bonds. The van der Waals surface area contributed by atoms with Crippen LogP contribution < -0.4 is 0 Å². The van der Waals surface area contributed by atoms with Gasteiger partial charge < -0.3 is 0 Å². The first kappa shape index (κ1) is 6.20. The Hall–Kier alpha value is -0.920. The van der Waals surface area contributed by atoms with Gasteiger partial charge in [0.05, 0.1) is 5.70 Å². The van der Waals surface area contributed by atoms with Crippen LogP contribution in [0, 0.1) is 11.4 Å². The fourth-order valence-corrected chi connectivity index (χ4v) is 0.799. The van der Waals surface area contributed by atoms with E-state index in [9.17, 15) is 0 Å². The summed E-state index contributed by atoms with van der Waals surface area (Å²) in [4.78, 5) is 0. The van der Waals surface area contributed by atoms with Crippen LogP contribution in [0.2, 0.25) is 0 Å². The molecular weight excluding hydrogens is 112 g/mol. The molecule has 0 aromatic carbocycles. The van der Waals surface area contributed by atoms with Gasteiger partial charge in [0.25, 0.3) is 0 Å². The van der Waals surface area contributed by atoms with Crippen LogP contribution in [-0.4, -0.2) is 0 Å². The summed E-state index contributed by atoms with van der Waals surface area (Å²) in [6, 6.07) is 0. The predicted molar refractivity (Wildman–Crippen MR) is 36.2 cm³/mol. The summed E-state index contributed by atoms with van der Waals surface area (Å²) < 4.78 is 0. The average molecular weight is 122 g/mol. The van der Waals surface area contributed by atoms with Gasteiger partial charge in [0.15, 0.2) is 0 Å². The van der Waals surface area contributed by atoms with Crippen LogP contribution in [0.4, 0.5) is 0 Å². The van der Waals surface area contributed by atoms with Crippen molar-refractivity contribution in [1.29, 1.82) is 5.53 Å². The zero-order valence-electron chi connectivity index (χ0n) is 5.46. The van der Waals surface area contributed by atoms with Gasteiger partial charge in [-0.1, -0.05) is 19.1 Å². The van der Waals surface area contributed by atoms with E-state index in [0.717, 1.165) is 12.1 Å². The third-order valence-corrected chi connectivity index (χ3v) is 1.42. The molecule has 0 aliphatic heterocycles. The summed E-state index contributed by atoms with van der Waals surface area (Å²) in [6.45, 7) is 2.15. The van der Waals surface area contributed by atoms with E-state index < -0.39 is 0 Å². The second kappa shape index (κ2) is 2.58. The molecule has 0 fully saturated rings. The lowest BCUT2D eigenvalue weighted by Crippen LogP contribution is -1.91. The number of nitrogens with zero attached hydrogens (tertiary/aromatic N) is 1. The lowest BCUT2D eigenvalue weighted by Gasteiger charge is -2.06. The van der Waals surface area contributed by atoms with Crippen molar-refractivity contribution in [1.82, 2.24) is 0 Å². The Balaban J connectivity index is 2.62. The highest BCUT2D eigenvalue weighted by Gasteiger charge is 2.00. The van der Waals surface area contributed by atoms with Crippen LogP contribution in [0.1, 0.15) is 13.3 Å². The zero-order chi connectivity index (χ0) is 6.69. The van der Waals surface area contributed by atoms with Crippen LogP contribution in [0.3, 0.4) is 0 Å². The first-order valence-electron chi connectivity index (χ1n) is 3.09. The average Bonchev–Trinajstić information content (AvgIpc) is 1.90. The number of hydrogen-bond donors (Lipinski definition) is 1. The Morgan fingerprint density at radius 1 is 1.78 bits per heavy atom. The molecule has 0 spiro atoms. The number of nitrogens with one attached hydrogen (secondary N) is 1. The fourth-order valence-electron chi connectivity index (χ4n) is 0.799. The quantitative estimate of drug-likeness (QED) is 0.519. The van der Waals surface area contributed by atoms with Gasteiger partial charge in [0.2, 0.25) is 0 Å². The third-order valence-electron chi connectivity index (χ3n) is 1.42. The van der Waals surface area contributed by atoms with E-state index in [-0.39, 0.29) is 0 Å². The molecule has 1 rings (SSSR count). The lowest BCUT2D eigenvalue weighted by molar-refractivity contribution is 0.727. The molecule has 0 aromatic heterocycles. The minimum absolute atomic E-state index is 0.621. The largest absolute Gasteiger partial charge is 0.204 e. The first-order valence-corrected chi connectivity index (χ1v) is 3.09. The highest BCUT2D eigenvalue weighted by molar-refractivity contribution is 5.20. The zero-order valence-corrected chi connectivity index (χ0v) is 5.46. The summed E-state index contributed by atoms with van der Waals surface area (Å²) in [7, 11) is 0. The maximum absolute atomic E-state index is 6.67. The van der Waals surface area contributed by atoms with Crippen LogP contribution in [0.25, 0.3) is 0 Å². The van der Waals surface area contributed by atoms with E-state index in [4.69, 9.17) is 5.53 Å². The van der Waals surface area contributed by atoms with E-state index in [2.05, 4.69) is 18.1 Å². The molecule has 1 N–H and O–H groups in total. The van der Waals surface area contributed by atoms with Gasteiger partial charge in [-0.05, 0) is 18.4 Å². The monoisotopic (exact) mass is 122 g/mol. The minimum Gasteiger partial charge on any atom is -0.204 e. The summed E-state index contributed by atoms with van der Waals surface area (Å²) in [5, 5.41) is 3.31. The second-order valence-corrected chi connectivity index (χ2v) is 2.31. The number of hydrogen-bond acceptors (Lipinski definition) is 2. The highest BCUT2D eigenvalue weighted by atomic mass is 15.0. The minimum atomic E-state index is 0.621. The topological polar surface area (TPSA) is 36.2 Å². The SMILES string of the molecule is CC1C=CC(N=N)=CC1. The van der Waals surface area contributed by atoms with Crippen molar-refractivity contribution in [2.45, 2.75) is 13.3 Å². The van der Waals surface area contributed by atoms with Crippen LogP contribution >= 0.6 is 0 Å². The molecule has 48 valence electrons. The molecule has 1 aliphatic rings. The molecule has 0 bridgehead atoms. The van der Waals surface area contributed by atoms with E-state index in [1.54, 1.807) is 0 Å². The molecule has 1 unspecified atom stereocenters. The van der Waals surface area contributed by atoms with Gasteiger partial charge in [-0.15, -0.1) is 0 Å². The molecule has 1 aliphatic carbocycles. The Labute approximate surface area is 54.8 Å². The van der Waals surface area contributed by atoms with Gasteiger partial charge >= 0.3 is 0 Å². The normalized spacial score (nSPS) is 25.4. The van der Waals surface area contributed by atoms with Gasteiger partial charge in [0, 0.05) is 0 Å². The molecule has 9 heavy (non-hydrogen) atoms. The summed E-state index contributed by atoms with van der Waals surface area (Å²) >= 11 is 0. The van der Waals surface area contributed by atoms with E-state index >= 15 is 0 Å². The smallest absolute Gasteiger partial charge is 0.0807 e. The second-order valence-electron chi connectivity index (χ2n) is 2.31. The van der Waals surface area contributed by atoms with Crippen LogP contribution in [0.5, 0.6) is 0 Å². The van der Waals surface area contributed by atoms with Crippen molar-refractivity contribution >= 4 is 0 Å². The number of allylic oxidation sites excluding steroid dienone is 3. The van der Waals surface area contributed by atoms with E-state index in [0.29, 0.717) is 5.92 Å². The van der Waals surface area contributed by atoms with E-state index in [1.165, 1.54) is 0 Å². The highest BCUT2D eigenvalue weighted by Crippen LogP contribution is 2.15. The van der Waals surface area contributed by atoms with Crippen molar-refractivity contribution in [3.63, 3.8) is 0 Å². The maximum atomic E-state index is 6.67. The maximum Gasteiger partial charge on any atom is 0.0807 e. The fraction of sp³-hybridized carbons (Fsp3) is 0.429. The van der Waals surface area contributed by atoms with Crippen LogP contribution in [0.15, 0.2) is 29.0 Å². The predicted octanol–water partition coefficient (Wildman–Crippen LogP) is 2.50. The van der Waals surface area contributed by atoms with Crippen molar-refractivity contribution in [2.24, 2.45) is 11.0 Å². The Morgan fingerprint density at radius 3 is 3.00 bits per heavy atom. The molecule has 0 saturated carbocycles. The number of rotatable bonds is 1. The van der Waals surface area contributed by atoms with Crippen LogP contribution in [-0.2, 0) is 0 Å². The summed E-state index contributed by atoms with van der Waals surface area (Å²) in [5.74, 6) is 0.621. The first-order chi connectivity index (χ1) is 4.33. The lowest BCUT2D eigenvalue weighted by atomic mass is 10.0. The van der Waals surface area contributed by atoms with Gasteiger partial charge in [-0.3, -0.25) is 0 Å². The van der Waals surface area contributed by atoms with Crippen molar-refractivity contribution < 1.29 is 0 Å². The third kappa shape index (κ3) is 1.49. The van der Waals surface area contributed by atoms with Crippen molar-refractivity contribution in [2.75, 3.05) is 0 Å². The molecule has 1 atom stereocenters. The molecular formula is C7H10N2. The van der Waals surface area contributed by atoms with Gasteiger partial charge in [-0.2, -0.15) is 5.11 Å². The Kier molecular flexibility index (Phi) is 1.78. The van der Waals surface area contributed by atoms with E-state index in [1.807, 2.05) is 12.2 Å². The Morgan fingerprint density at radius 2 is 2.56 bits per heavy atom. The Bertz CT molecular complexity index is 168. The van der Waals surface area contributed by atoms with Crippen molar-refractivity contribution in [3.8, 4) is 0 Å². The summed E-state index contributed by atoms with van der Waals surface area (Å²) in [6.07, 6.45) is 6.97. The molecule has 0 radical (unpaired) electrons. The molecule has 2 nitrogen and oxygen atoms in total. The molecule has 0 heterocycles. The van der Waals surface area contributed by atoms with Gasteiger partial charge in [0.1, 0.15) is 0 Å². The molecule has 0 saturated heterocycles. The van der Waals surface area contributed by atoms with Crippen molar-refractivity contribution in [3.05, 3.63) is 23.9 Å². The molecule has 0 aromatic rings. The standard InChI is InChI=1S/C7H10N2/c1-6-2-4-7(9-8)5-3-6/h2,4-6,8H,3H2,1H3.